The molecule has 1 unspecified atom stereocenters. The molecule has 2 aliphatic rings. The second kappa shape index (κ2) is 4.85. The van der Waals surface area contributed by atoms with Crippen LogP contribution < -0.4 is 4.90 Å². The van der Waals surface area contributed by atoms with Gasteiger partial charge < -0.3 is 14.9 Å². The summed E-state index contributed by atoms with van der Waals surface area (Å²) in [4.78, 5) is 16.1. The molecule has 1 N–H and O–H groups in total. The quantitative estimate of drug-likeness (QED) is 0.871. The summed E-state index contributed by atoms with van der Waals surface area (Å²) < 4.78 is 0. The second-order valence-electron chi connectivity index (χ2n) is 5.50. The van der Waals surface area contributed by atoms with Crippen molar-refractivity contribution in [3.8, 4) is 0 Å². The Kier molecular flexibility index (Phi) is 3.19. The van der Waals surface area contributed by atoms with Crippen LogP contribution in [-0.2, 0) is 11.4 Å². The van der Waals surface area contributed by atoms with E-state index in [1.807, 2.05) is 17.0 Å². The van der Waals surface area contributed by atoms with Crippen LogP contribution in [0, 0.1) is 6.92 Å². The fourth-order valence-electron chi connectivity index (χ4n) is 3.25. The Bertz CT molecular complexity index is 501. The van der Waals surface area contributed by atoms with Crippen molar-refractivity contribution in [3.05, 3.63) is 29.3 Å². The summed E-state index contributed by atoms with van der Waals surface area (Å²) in [5.41, 5.74) is 3.39. The fraction of sp³-hybridized carbons (Fsp3) is 0.533. The van der Waals surface area contributed by atoms with Gasteiger partial charge in [0.05, 0.1) is 6.61 Å². The summed E-state index contributed by atoms with van der Waals surface area (Å²) in [5.74, 6) is 0.317. The van der Waals surface area contributed by atoms with Crippen LogP contribution in [0.15, 0.2) is 18.2 Å². The van der Waals surface area contributed by atoms with E-state index in [4.69, 9.17) is 5.11 Å². The van der Waals surface area contributed by atoms with Crippen molar-refractivity contribution in [1.29, 1.82) is 0 Å². The first kappa shape index (κ1) is 12.5. The highest BCUT2D eigenvalue weighted by molar-refractivity contribution is 5.79. The van der Waals surface area contributed by atoms with E-state index in [1.165, 1.54) is 11.3 Å². The van der Waals surface area contributed by atoms with E-state index < -0.39 is 0 Å². The standard InChI is InChI=1S/C15H20N2O2/c1-11-8-12(10-18)2-4-14(11)16-6-7-17-13(9-16)3-5-15(17)19/h2,4,8,13,18H,3,5-7,9-10H2,1H3. The summed E-state index contributed by atoms with van der Waals surface area (Å²) in [6.45, 7) is 4.85. The maximum absolute atomic E-state index is 11.7. The van der Waals surface area contributed by atoms with E-state index in [0.29, 0.717) is 18.4 Å². The first-order valence-corrected chi connectivity index (χ1v) is 6.94. The first-order chi connectivity index (χ1) is 9.19. The number of aliphatic hydroxyl groups is 1. The molecule has 19 heavy (non-hydrogen) atoms. The normalized spacial score (nSPS) is 22.8. The van der Waals surface area contributed by atoms with E-state index in [-0.39, 0.29) is 6.61 Å². The summed E-state index contributed by atoms with van der Waals surface area (Å²) in [6.07, 6.45) is 1.70. The molecule has 0 radical (unpaired) electrons. The van der Waals surface area contributed by atoms with Crippen LogP contribution in [0.25, 0.3) is 0 Å². The largest absolute Gasteiger partial charge is 0.392 e. The van der Waals surface area contributed by atoms with Crippen molar-refractivity contribution in [2.24, 2.45) is 0 Å². The molecule has 2 saturated heterocycles. The minimum absolute atomic E-state index is 0.0893. The van der Waals surface area contributed by atoms with Crippen LogP contribution >= 0.6 is 0 Å². The number of anilines is 1. The predicted molar refractivity (Wildman–Crippen MR) is 74.0 cm³/mol. The first-order valence-electron chi connectivity index (χ1n) is 6.94. The second-order valence-corrected chi connectivity index (χ2v) is 5.50. The number of hydrogen-bond acceptors (Lipinski definition) is 3. The molecule has 2 heterocycles. The number of aliphatic hydroxyl groups excluding tert-OH is 1. The Morgan fingerprint density at radius 2 is 2.21 bits per heavy atom. The van der Waals surface area contributed by atoms with Gasteiger partial charge in [-0.1, -0.05) is 12.1 Å². The lowest BCUT2D eigenvalue weighted by molar-refractivity contribution is -0.129. The lowest BCUT2D eigenvalue weighted by Gasteiger charge is -2.39. The number of piperazine rings is 1. The number of benzene rings is 1. The topological polar surface area (TPSA) is 43.8 Å². The molecular weight excluding hydrogens is 240 g/mol. The third kappa shape index (κ3) is 2.21. The smallest absolute Gasteiger partial charge is 0.223 e. The van der Waals surface area contributed by atoms with Gasteiger partial charge in [0.15, 0.2) is 0 Å². The van der Waals surface area contributed by atoms with Gasteiger partial charge in [0.2, 0.25) is 5.91 Å². The maximum atomic E-state index is 11.7. The molecule has 4 nitrogen and oxygen atoms in total. The third-order valence-corrected chi connectivity index (χ3v) is 4.28. The molecule has 4 heteroatoms. The lowest BCUT2D eigenvalue weighted by atomic mass is 10.1. The van der Waals surface area contributed by atoms with Crippen molar-refractivity contribution >= 4 is 11.6 Å². The molecule has 102 valence electrons. The van der Waals surface area contributed by atoms with Gasteiger partial charge in [-0.3, -0.25) is 4.79 Å². The number of hydrogen-bond donors (Lipinski definition) is 1. The number of carbonyl (C=O) groups excluding carboxylic acids is 1. The Balaban J connectivity index is 1.79. The van der Waals surface area contributed by atoms with E-state index >= 15 is 0 Å². The molecule has 0 spiro atoms. The number of rotatable bonds is 2. The van der Waals surface area contributed by atoms with Gasteiger partial charge in [0, 0.05) is 37.8 Å². The van der Waals surface area contributed by atoms with Gasteiger partial charge in [-0.15, -0.1) is 0 Å². The number of amides is 1. The molecular formula is C15H20N2O2. The zero-order valence-electron chi connectivity index (χ0n) is 11.3. The highest BCUT2D eigenvalue weighted by atomic mass is 16.3. The highest BCUT2D eigenvalue weighted by Crippen LogP contribution is 2.28. The van der Waals surface area contributed by atoms with Gasteiger partial charge in [0.1, 0.15) is 0 Å². The monoisotopic (exact) mass is 260 g/mol. The summed E-state index contributed by atoms with van der Waals surface area (Å²) in [7, 11) is 0. The van der Waals surface area contributed by atoms with Gasteiger partial charge in [0.25, 0.3) is 0 Å². The molecule has 1 atom stereocenters. The fourth-order valence-corrected chi connectivity index (χ4v) is 3.25. The Hall–Kier alpha value is -1.55. The molecule has 0 bridgehead atoms. The molecule has 1 amide bonds. The Morgan fingerprint density at radius 3 is 2.95 bits per heavy atom. The predicted octanol–water partition coefficient (Wildman–Crippen LogP) is 1.30. The molecule has 1 aromatic rings. The SMILES string of the molecule is Cc1cc(CO)ccc1N1CCN2C(=O)CCC2C1. The molecule has 0 saturated carbocycles. The summed E-state index contributed by atoms with van der Waals surface area (Å²) >= 11 is 0. The van der Waals surface area contributed by atoms with Gasteiger partial charge in [-0.2, -0.15) is 0 Å². The number of fused-ring (bicyclic) bond motifs is 1. The average molecular weight is 260 g/mol. The number of aryl methyl sites for hydroxylation is 1. The van der Waals surface area contributed by atoms with Crippen molar-refractivity contribution in [2.45, 2.75) is 32.4 Å². The van der Waals surface area contributed by atoms with E-state index in [0.717, 1.165) is 31.6 Å². The van der Waals surface area contributed by atoms with Crippen molar-refractivity contribution in [1.82, 2.24) is 4.90 Å². The molecule has 1 aromatic carbocycles. The third-order valence-electron chi connectivity index (χ3n) is 4.28. The minimum atomic E-state index is 0.0893. The zero-order chi connectivity index (χ0) is 13.4. The van der Waals surface area contributed by atoms with Gasteiger partial charge in [-0.05, 0) is 30.5 Å². The van der Waals surface area contributed by atoms with Crippen molar-refractivity contribution in [2.75, 3.05) is 24.5 Å². The van der Waals surface area contributed by atoms with Crippen LogP contribution in [0.5, 0.6) is 0 Å². The van der Waals surface area contributed by atoms with Crippen molar-refractivity contribution < 1.29 is 9.90 Å². The average Bonchev–Trinajstić information content (AvgIpc) is 2.79. The van der Waals surface area contributed by atoms with E-state index in [1.54, 1.807) is 0 Å². The summed E-state index contributed by atoms with van der Waals surface area (Å²) in [5, 5.41) is 9.16. The lowest BCUT2D eigenvalue weighted by Crippen LogP contribution is -2.51. The van der Waals surface area contributed by atoms with E-state index in [9.17, 15) is 4.79 Å². The minimum Gasteiger partial charge on any atom is -0.392 e. The molecule has 2 fully saturated rings. The highest BCUT2D eigenvalue weighted by Gasteiger charge is 2.35. The Labute approximate surface area is 113 Å². The van der Waals surface area contributed by atoms with Crippen LogP contribution in [0.4, 0.5) is 5.69 Å². The van der Waals surface area contributed by atoms with Gasteiger partial charge >= 0.3 is 0 Å². The number of carbonyl (C=O) groups is 1. The molecule has 2 aliphatic heterocycles. The van der Waals surface area contributed by atoms with Gasteiger partial charge in [-0.25, -0.2) is 0 Å². The van der Waals surface area contributed by atoms with Crippen LogP contribution in [0.2, 0.25) is 0 Å². The Morgan fingerprint density at radius 1 is 1.37 bits per heavy atom. The summed E-state index contributed by atoms with van der Waals surface area (Å²) in [6, 6.07) is 6.50. The van der Waals surface area contributed by atoms with Crippen molar-refractivity contribution in [3.63, 3.8) is 0 Å². The maximum Gasteiger partial charge on any atom is 0.223 e. The van der Waals surface area contributed by atoms with Crippen LogP contribution in [-0.4, -0.2) is 41.6 Å². The zero-order valence-corrected chi connectivity index (χ0v) is 11.3. The molecule has 0 aromatic heterocycles. The van der Waals surface area contributed by atoms with Crippen LogP contribution in [0.1, 0.15) is 24.0 Å². The van der Waals surface area contributed by atoms with Crippen LogP contribution in [0.3, 0.4) is 0 Å². The number of nitrogens with zero attached hydrogens (tertiary/aromatic N) is 2. The van der Waals surface area contributed by atoms with E-state index in [2.05, 4.69) is 17.9 Å². The molecule has 0 aliphatic carbocycles. The molecule has 3 rings (SSSR count).